The second-order valence-corrected chi connectivity index (χ2v) is 6.67. The van der Waals surface area contributed by atoms with E-state index in [0.29, 0.717) is 24.0 Å². The number of aromatic nitrogens is 2. The molecule has 0 aliphatic rings. The molecule has 0 saturated carbocycles. The quantitative estimate of drug-likeness (QED) is 0.576. The molecule has 0 spiro atoms. The van der Waals surface area contributed by atoms with Crippen molar-refractivity contribution in [3.63, 3.8) is 0 Å². The number of carbonyl (C=O) groups is 1. The summed E-state index contributed by atoms with van der Waals surface area (Å²) in [5.41, 5.74) is 2.03. The van der Waals surface area contributed by atoms with Gasteiger partial charge in [0.25, 0.3) is 5.91 Å². The summed E-state index contributed by atoms with van der Waals surface area (Å²) in [6.07, 6.45) is -0.650. The van der Waals surface area contributed by atoms with Crippen LogP contribution >= 0.6 is 0 Å². The molecule has 0 saturated heterocycles. The molecule has 1 atom stereocenters. The second kappa shape index (κ2) is 9.23. The van der Waals surface area contributed by atoms with Crippen molar-refractivity contribution < 1.29 is 18.8 Å². The number of carbonyl (C=O) groups excluding carboxylic acids is 1. The third-order valence-corrected chi connectivity index (χ3v) is 4.52. The van der Waals surface area contributed by atoms with Crippen molar-refractivity contribution in [2.24, 2.45) is 0 Å². The number of hydrogen-bond acceptors (Lipinski definition) is 6. The van der Waals surface area contributed by atoms with Gasteiger partial charge in [-0.3, -0.25) is 4.79 Å². The average molecular weight is 395 g/mol. The van der Waals surface area contributed by atoms with E-state index in [-0.39, 0.29) is 12.5 Å². The summed E-state index contributed by atoms with van der Waals surface area (Å²) in [7, 11) is 1.60. The Balaban J connectivity index is 1.64. The fraction of sp³-hybridized carbons (Fsp3) is 0.318. The van der Waals surface area contributed by atoms with Crippen LogP contribution in [0.25, 0.3) is 11.4 Å². The highest BCUT2D eigenvalue weighted by atomic mass is 16.5. The first-order chi connectivity index (χ1) is 14.0. The second-order valence-electron chi connectivity index (χ2n) is 6.67. The Kier molecular flexibility index (Phi) is 6.49. The van der Waals surface area contributed by atoms with Gasteiger partial charge in [0, 0.05) is 12.1 Å². The smallest absolute Gasteiger partial charge is 0.263 e. The fourth-order valence-corrected chi connectivity index (χ4v) is 2.81. The molecular formula is C22H25N3O4. The van der Waals surface area contributed by atoms with Crippen LogP contribution in [0.4, 0.5) is 0 Å². The molecule has 2 aromatic carbocycles. The number of methoxy groups -OCH3 is 1. The van der Waals surface area contributed by atoms with Crippen LogP contribution in [0.15, 0.2) is 53.1 Å². The van der Waals surface area contributed by atoms with Gasteiger partial charge in [0.15, 0.2) is 6.10 Å². The molecule has 1 aromatic heterocycles. The number of nitrogens with zero attached hydrogens (tertiary/aromatic N) is 3. The van der Waals surface area contributed by atoms with E-state index >= 15 is 0 Å². The lowest BCUT2D eigenvalue weighted by Gasteiger charge is -2.23. The van der Waals surface area contributed by atoms with Crippen LogP contribution < -0.4 is 9.47 Å². The Morgan fingerprint density at radius 1 is 1.10 bits per heavy atom. The Labute approximate surface area is 170 Å². The molecule has 1 unspecified atom stereocenters. The molecule has 3 aromatic rings. The lowest BCUT2D eigenvalue weighted by atomic mass is 10.1. The van der Waals surface area contributed by atoms with Crippen molar-refractivity contribution >= 4 is 5.91 Å². The highest BCUT2D eigenvalue weighted by Gasteiger charge is 2.23. The molecule has 29 heavy (non-hydrogen) atoms. The zero-order chi connectivity index (χ0) is 20.8. The summed E-state index contributed by atoms with van der Waals surface area (Å²) in [5, 5.41) is 4.02. The molecule has 0 aliphatic carbocycles. The predicted molar refractivity (Wildman–Crippen MR) is 109 cm³/mol. The van der Waals surface area contributed by atoms with Crippen molar-refractivity contribution in [1.82, 2.24) is 15.0 Å². The summed E-state index contributed by atoms with van der Waals surface area (Å²) in [4.78, 5) is 18.8. The lowest BCUT2D eigenvalue weighted by molar-refractivity contribution is -0.138. The van der Waals surface area contributed by atoms with E-state index in [9.17, 15) is 4.79 Å². The van der Waals surface area contributed by atoms with Crippen LogP contribution in [0.2, 0.25) is 0 Å². The van der Waals surface area contributed by atoms with Crippen LogP contribution in [-0.2, 0) is 11.3 Å². The summed E-state index contributed by atoms with van der Waals surface area (Å²) in [5.74, 6) is 2.06. The Morgan fingerprint density at radius 2 is 1.76 bits per heavy atom. The van der Waals surface area contributed by atoms with Gasteiger partial charge >= 0.3 is 0 Å². The van der Waals surface area contributed by atoms with E-state index in [4.69, 9.17) is 14.0 Å². The van der Waals surface area contributed by atoms with E-state index < -0.39 is 6.10 Å². The van der Waals surface area contributed by atoms with Crippen LogP contribution in [0.5, 0.6) is 11.5 Å². The molecule has 7 heteroatoms. The first kappa shape index (κ1) is 20.4. The topological polar surface area (TPSA) is 77.7 Å². The number of ether oxygens (including phenoxy) is 2. The van der Waals surface area contributed by atoms with Gasteiger partial charge in [-0.1, -0.05) is 35.0 Å². The highest BCUT2D eigenvalue weighted by Crippen LogP contribution is 2.20. The summed E-state index contributed by atoms with van der Waals surface area (Å²) in [6, 6.07) is 15.0. The minimum atomic E-state index is -0.650. The number of benzene rings is 2. The Hall–Kier alpha value is -3.35. The van der Waals surface area contributed by atoms with Gasteiger partial charge in [0.1, 0.15) is 18.0 Å². The SMILES string of the molecule is CCN(Cc1nc(-c2ccc(C)cc2)no1)C(=O)C(C)Oc1ccc(OC)cc1. The van der Waals surface area contributed by atoms with Gasteiger partial charge < -0.3 is 18.9 Å². The monoisotopic (exact) mass is 395 g/mol. The van der Waals surface area contributed by atoms with E-state index in [1.807, 2.05) is 38.1 Å². The third-order valence-electron chi connectivity index (χ3n) is 4.52. The molecule has 3 rings (SSSR count). The molecular weight excluding hydrogens is 370 g/mol. The number of likely N-dealkylation sites (N-methyl/N-ethyl adjacent to an activating group) is 1. The van der Waals surface area contributed by atoms with Crippen LogP contribution in [0.3, 0.4) is 0 Å². The van der Waals surface area contributed by atoms with Gasteiger partial charge in [-0.25, -0.2) is 0 Å². The van der Waals surface area contributed by atoms with E-state index in [2.05, 4.69) is 10.1 Å². The molecule has 152 valence electrons. The van der Waals surface area contributed by atoms with Crippen LogP contribution in [0, 0.1) is 6.92 Å². The fourth-order valence-electron chi connectivity index (χ4n) is 2.81. The van der Waals surface area contributed by atoms with E-state index in [0.717, 1.165) is 16.9 Å². The first-order valence-corrected chi connectivity index (χ1v) is 9.49. The number of rotatable bonds is 8. The normalized spacial score (nSPS) is 11.7. The molecule has 1 amide bonds. The van der Waals surface area contributed by atoms with Crippen LogP contribution in [0.1, 0.15) is 25.3 Å². The molecule has 7 nitrogen and oxygen atoms in total. The first-order valence-electron chi connectivity index (χ1n) is 9.49. The third kappa shape index (κ3) is 5.13. The zero-order valence-electron chi connectivity index (χ0n) is 17.1. The molecule has 0 aliphatic heterocycles. The standard InChI is InChI=1S/C22H25N3O4/c1-5-25(22(26)16(3)28-19-12-10-18(27-4)11-13-19)14-20-23-21(24-29-20)17-8-6-15(2)7-9-17/h6-13,16H,5,14H2,1-4H3. The average Bonchev–Trinajstić information content (AvgIpc) is 3.21. The maximum Gasteiger partial charge on any atom is 0.263 e. The lowest BCUT2D eigenvalue weighted by Crippen LogP contribution is -2.40. The number of hydrogen-bond donors (Lipinski definition) is 0. The van der Waals surface area contributed by atoms with Crippen molar-refractivity contribution in [3.05, 3.63) is 60.0 Å². The number of aryl methyl sites for hydroxylation is 1. The van der Waals surface area contributed by atoms with E-state index in [1.54, 1.807) is 43.2 Å². The summed E-state index contributed by atoms with van der Waals surface area (Å²) < 4.78 is 16.2. The summed E-state index contributed by atoms with van der Waals surface area (Å²) in [6.45, 7) is 6.36. The minimum Gasteiger partial charge on any atom is -0.497 e. The molecule has 1 heterocycles. The molecule has 0 fully saturated rings. The van der Waals surface area contributed by atoms with E-state index in [1.165, 1.54) is 0 Å². The van der Waals surface area contributed by atoms with Crippen molar-refractivity contribution in [2.45, 2.75) is 33.4 Å². The Bertz CT molecular complexity index is 935. The van der Waals surface area contributed by atoms with Gasteiger partial charge in [0.05, 0.1) is 7.11 Å². The molecule has 0 radical (unpaired) electrons. The van der Waals surface area contributed by atoms with Crippen molar-refractivity contribution in [3.8, 4) is 22.9 Å². The van der Waals surface area contributed by atoms with Crippen molar-refractivity contribution in [1.29, 1.82) is 0 Å². The van der Waals surface area contributed by atoms with Gasteiger partial charge in [-0.15, -0.1) is 0 Å². The maximum atomic E-state index is 12.8. The number of amides is 1. The Morgan fingerprint density at radius 3 is 2.38 bits per heavy atom. The van der Waals surface area contributed by atoms with Gasteiger partial charge in [0.2, 0.25) is 11.7 Å². The maximum absolute atomic E-state index is 12.8. The largest absolute Gasteiger partial charge is 0.497 e. The minimum absolute atomic E-state index is 0.154. The van der Waals surface area contributed by atoms with Crippen LogP contribution in [-0.4, -0.2) is 40.7 Å². The zero-order valence-corrected chi connectivity index (χ0v) is 17.1. The van der Waals surface area contributed by atoms with Gasteiger partial charge in [-0.2, -0.15) is 4.98 Å². The molecule has 0 bridgehead atoms. The van der Waals surface area contributed by atoms with Crippen molar-refractivity contribution in [2.75, 3.05) is 13.7 Å². The van der Waals surface area contributed by atoms with Gasteiger partial charge in [-0.05, 0) is 45.0 Å². The molecule has 0 N–H and O–H groups in total. The summed E-state index contributed by atoms with van der Waals surface area (Å²) >= 11 is 0. The predicted octanol–water partition coefficient (Wildman–Crippen LogP) is 3.87. The highest BCUT2D eigenvalue weighted by molar-refractivity contribution is 5.80.